The number of rotatable bonds is 5. The summed E-state index contributed by atoms with van der Waals surface area (Å²) in [4.78, 5) is 0. The van der Waals surface area contributed by atoms with E-state index in [1.165, 1.54) is 82.7 Å². The lowest BCUT2D eigenvalue weighted by Crippen LogP contribution is -1.94. The maximum Gasteiger partial charge on any atom is 0.0991 e. The van der Waals surface area contributed by atoms with Crippen LogP contribution < -0.4 is 0 Å². The Balaban J connectivity index is 1.29. The van der Waals surface area contributed by atoms with E-state index < -0.39 is 0 Å². The van der Waals surface area contributed by atoms with E-state index in [0.717, 1.165) is 16.7 Å². The van der Waals surface area contributed by atoms with Gasteiger partial charge >= 0.3 is 0 Å². The first-order valence-corrected chi connectivity index (χ1v) is 17.7. The Morgan fingerprint density at radius 2 is 0.808 bits per heavy atom. The van der Waals surface area contributed by atoms with Gasteiger partial charge < -0.3 is 0 Å². The fraction of sp³-hybridized carbons (Fsp3) is 0. The molecule has 0 heterocycles. The maximum atomic E-state index is 9.55. The summed E-state index contributed by atoms with van der Waals surface area (Å²) in [7, 11) is 0. The summed E-state index contributed by atoms with van der Waals surface area (Å²) >= 11 is 0. The average molecular weight is 658 g/mol. The van der Waals surface area contributed by atoms with Crippen LogP contribution in [-0.4, -0.2) is 0 Å². The molecule has 0 saturated heterocycles. The molecule has 0 aromatic heterocycles. The van der Waals surface area contributed by atoms with E-state index >= 15 is 0 Å². The molecule has 10 rings (SSSR count). The molecule has 1 aliphatic carbocycles. The number of hydrogen-bond donors (Lipinski definition) is 0. The van der Waals surface area contributed by atoms with Crippen molar-refractivity contribution in [3.05, 3.63) is 194 Å². The standard InChI is InChI=1S/C51H31N/c52-32-33-13-10-20-37(29-33)38-21-11-22-40(30-38)41-27-28-45-49-42(41)23-12-24-44(49)50-47(35-16-6-2-7-17-35)43-26-25-39(34-14-4-1-5-15-34)31-46(43)48(51(45)50)36-18-8-3-9-19-36/h1-31H. The quantitative estimate of drug-likeness (QED) is 0.181. The Morgan fingerprint density at radius 3 is 1.50 bits per heavy atom. The van der Waals surface area contributed by atoms with Crippen molar-refractivity contribution >= 4 is 21.5 Å². The van der Waals surface area contributed by atoms with Gasteiger partial charge in [0.15, 0.2) is 0 Å². The largest absolute Gasteiger partial charge is 0.192 e. The second-order valence-corrected chi connectivity index (χ2v) is 13.5. The normalized spacial score (nSPS) is 11.4. The van der Waals surface area contributed by atoms with E-state index in [-0.39, 0.29) is 0 Å². The molecular formula is C51H31N. The van der Waals surface area contributed by atoms with Gasteiger partial charge in [-0.3, -0.25) is 0 Å². The van der Waals surface area contributed by atoms with Crippen LogP contribution in [0.2, 0.25) is 0 Å². The van der Waals surface area contributed by atoms with Crippen molar-refractivity contribution < 1.29 is 0 Å². The number of fused-ring (bicyclic) bond motifs is 4. The zero-order valence-electron chi connectivity index (χ0n) is 28.3. The van der Waals surface area contributed by atoms with Gasteiger partial charge in [-0.25, -0.2) is 0 Å². The first kappa shape index (κ1) is 29.9. The highest BCUT2D eigenvalue weighted by molar-refractivity contribution is 6.29. The number of benzene rings is 9. The average Bonchev–Trinajstić information content (AvgIpc) is 3.55. The smallest absolute Gasteiger partial charge is 0.0991 e. The third kappa shape index (κ3) is 4.70. The first-order valence-electron chi connectivity index (χ1n) is 17.7. The summed E-state index contributed by atoms with van der Waals surface area (Å²) in [5.41, 5.74) is 17.7. The SMILES string of the molecule is N#Cc1cccc(-c2cccc(-c3ccc4c5c(cccc35)-c3c-4c(-c4ccccc4)c4cc(-c5ccccc5)ccc4c3-c3ccccc3)c2)c1. The van der Waals surface area contributed by atoms with Crippen LogP contribution >= 0.6 is 0 Å². The highest BCUT2D eigenvalue weighted by Crippen LogP contribution is 2.58. The number of nitrogens with zero attached hydrogens (tertiary/aromatic N) is 1. The molecule has 0 bridgehead atoms. The maximum absolute atomic E-state index is 9.55. The predicted molar refractivity (Wildman–Crippen MR) is 218 cm³/mol. The van der Waals surface area contributed by atoms with Crippen LogP contribution in [0.4, 0.5) is 0 Å². The summed E-state index contributed by atoms with van der Waals surface area (Å²) in [6.45, 7) is 0. The monoisotopic (exact) mass is 657 g/mol. The van der Waals surface area contributed by atoms with Crippen LogP contribution in [0.3, 0.4) is 0 Å². The molecule has 0 saturated carbocycles. The van der Waals surface area contributed by atoms with Crippen molar-refractivity contribution in [2.45, 2.75) is 0 Å². The van der Waals surface area contributed by atoms with Gasteiger partial charge in [-0.15, -0.1) is 0 Å². The molecule has 240 valence electrons. The van der Waals surface area contributed by atoms with Gasteiger partial charge in [0.1, 0.15) is 0 Å². The molecule has 52 heavy (non-hydrogen) atoms. The van der Waals surface area contributed by atoms with Crippen molar-refractivity contribution in [3.8, 4) is 84.0 Å². The van der Waals surface area contributed by atoms with Crippen molar-refractivity contribution in [1.82, 2.24) is 0 Å². The minimum Gasteiger partial charge on any atom is -0.192 e. The van der Waals surface area contributed by atoms with Gasteiger partial charge in [0.05, 0.1) is 11.6 Å². The molecule has 9 aromatic carbocycles. The van der Waals surface area contributed by atoms with Gasteiger partial charge in [-0.2, -0.15) is 5.26 Å². The van der Waals surface area contributed by atoms with E-state index in [2.05, 4.69) is 176 Å². The molecule has 0 aliphatic heterocycles. The van der Waals surface area contributed by atoms with Crippen molar-refractivity contribution in [3.63, 3.8) is 0 Å². The fourth-order valence-corrected chi connectivity index (χ4v) is 8.36. The second-order valence-electron chi connectivity index (χ2n) is 13.5. The fourth-order valence-electron chi connectivity index (χ4n) is 8.36. The molecule has 9 aromatic rings. The Kier molecular flexibility index (Phi) is 6.95. The molecule has 0 amide bonds. The summed E-state index contributed by atoms with van der Waals surface area (Å²) in [5, 5.41) is 14.6. The van der Waals surface area contributed by atoms with Gasteiger partial charge in [0, 0.05) is 0 Å². The molecule has 0 unspecified atom stereocenters. The second kappa shape index (κ2) is 12.1. The molecule has 0 atom stereocenters. The zero-order valence-corrected chi connectivity index (χ0v) is 28.3. The van der Waals surface area contributed by atoms with Gasteiger partial charge in [0.2, 0.25) is 0 Å². The van der Waals surface area contributed by atoms with Gasteiger partial charge in [-0.1, -0.05) is 164 Å². The predicted octanol–water partition coefficient (Wildman–Crippen LogP) is 13.8. The molecule has 0 radical (unpaired) electrons. The summed E-state index contributed by atoms with van der Waals surface area (Å²) in [5.74, 6) is 0. The highest BCUT2D eigenvalue weighted by Gasteiger charge is 2.31. The molecular weight excluding hydrogens is 627 g/mol. The lowest BCUT2D eigenvalue weighted by Gasteiger charge is -2.21. The minimum atomic E-state index is 0.665. The van der Waals surface area contributed by atoms with Crippen LogP contribution in [0.1, 0.15) is 5.56 Å². The van der Waals surface area contributed by atoms with E-state index in [1.54, 1.807) is 0 Å². The van der Waals surface area contributed by atoms with E-state index in [1.807, 2.05) is 18.2 Å². The number of hydrogen-bond acceptors (Lipinski definition) is 1. The van der Waals surface area contributed by atoms with E-state index in [9.17, 15) is 5.26 Å². The Morgan fingerprint density at radius 1 is 0.288 bits per heavy atom. The Bertz CT molecular complexity index is 2880. The summed E-state index contributed by atoms with van der Waals surface area (Å²) in [6, 6.07) is 69.9. The lowest BCUT2D eigenvalue weighted by molar-refractivity contribution is 1.48. The van der Waals surface area contributed by atoms with Crippen molar-refractivity contribution in [2.24, 2.45) is 0 Å². The lowest BCUT2D eigenvalue weighted by atomic mass is 9.82. The Labute approximate surface area is 303 Å². The topological polar surface area (TPSA) is 23.8 Å². The number of nitriles is 1. The molecule has 1 nitrogen and oxygen atoms in total. The molecule has 0 fully saturated rings. The van der Waals surface area contributed by atoms with Crippen LogP contribution in [-0.2, 0) is 0 Å². The molecule has 1 heteroatoms. The zero-order chi connectivity index (χ0) is 34.6. The van der Waals surface area contributed by atoms with Crippen molar-refractivity contribution in [2.75, 3.05) is 0 Å². The Hall–Kier alpha value is -7.01. The van der Waals surface area contributed by atoms with Crippen LogP contribution in [0, 0.1) is 11.3 Å². The van der Waals surface area contributed by atoms with Crippen LogP contribution in [0.25, 0.3) is 99.4 Å². The van der Waals surface area contributed by atoms with Gasteiger partial charge in [0.25, 0.3) is 0 Å². The molecule has 1 aliphatic rings. The third-order valence-corrected chi connectivity index (χ3v) is 10.6. The van der Waals surface area contributed by atoms with E-state index in [0.29, 0.717) is 5.56 Å². The van der Waals surface area contributed by atoms with Crippen LogP contribution in [0.15, 0.2) is 188 Å². The summed E-state index contributed by atoms with van der Waals surface area (Å²) < 4.78 is 0. The molecule has 0 spiro atoms. The van der Waals surface area contributed by atoms with Crippen molar-refractivity contribution in [1.29, 1.82) is 5.26 Å². The molecule has 0 N–H and O–H groups in total. The van der Waals surface area contributed by atoms with E-state index in [4.69, 9.17) is 0 Å². The minimum absolute atomic E-state index is 0.665. The van der Waals surface area contributed by atoms with Crippen LogP contribution in [0.5, 0.6) is 0 Å². The van der Waals surface area contributed by atoms with Gasteiger partial charge in [-0.05, 0) is 124 Å². The highest BCUT2D eigenvalue weighted by atomic mass is 14.3. The first-order chi connectivity index (χ1) is 25.8. The summed E-state index contributed by atoms with van der Waals surface area (Å²) in [6.07, 6.45) is 0. The third-order valence-electron chi connectivity index (χ3n) is 10.6.